The van der Waals surface area contributed by atoms with Crippen LogP contribution >= 0.6 is 0 Å². The molecule has 4 heteroatoms. The number of carbonyl (C=O) groups excluding carboxylic acids is 1. The number of nitrogens with zero attached hydrogens (tertiary/aromatic N) is 1. The molecule has 96 valence electrons. The highest BCUT2D eigenvalue weighted by atomic mass is 16.5. The summed E-state index contributed by atoms with van der Waals surface area (Å²) in [7, 11) is 0. The number of benzene rings is 1. The fraction of sp³-hybridized carbons (Fsp3) is 0.357. The van der Waals surface area contributed by atoms with E-state index < -0.39 is 0 Å². The Bertz CT molecular complexity index is 453. The fourth-order valence-corrected chi connectivity index (χ4v) is 1.71. The number of para-hydroxylation sites is 2. The molecule has 0 spiro atoms. The summed E-state index contributed by atoms with van der Waals surface area (Å²) in [4.78, 5) is 11.4. The normalized spacial score (nSPS) is 15.2. The zero-order chi connectivity index (χ0) is 13.1. The van der Waals surface area contributed by atoms with Gasteiger partial charge in [-0.3, -0.25) is 15.2 Å². The fourth-order valence-electron chi connectivity index (χ4n) is 1.71. The number of ether oxygens (including phenoxy) is 1. The van der Waals surface area contributed by atoms with E-state index in [1.54, 1.807) is 5.01 Å². The molecule has 1 aromatic rings. The van der Waals surface area contributed by atoms with Gasteiger partial charge in [0.25, 0.3) is 5.91 Å². The summed E-state index contributed by atoms with van der Waals surface area (Å²) < 4.78 is 5.76. The first-order chi connectivity index (χ1) is 8.58. The summed E-state index contributed by atoms with van der Waals surface area (Å²) in [5.74, 6) is 1.11. The molecule has 2 rings (SSSR count). The maximum Gasteiger partial charge on any atom is 0.267 e. The van der Waals surface area contributed by atoms with Crippen molar-refractivity contribution in [3.63, 3.8) is 0 Å². The van der Waals surface area contributed by atoms with Crippen LogP contribution in [0.15, 0.2) is 36.4 Å². The van der Waals surface area contributed by atoms with Gasteiger partial charge in [0.15, 0.2) is 0 Å². The first-order valence-corrected chi connectivity index (χ1v) is 6.06. The van der Waals surface area contributed by atoms with Crippen LogP contribution in [0.2, 0.25) is 0 Å². The highest BCUT2D eigenvalue weighted by Crippen LogP contribution is 2.29. The standard InChI is InChI=1S/C14H18N2O2/c1-10(2)9-18-13-7-5-4-6-12(13)16-8-11(3)14(17)15-16/h4-7,10H,3,8-9H2,1-2H3,(H,15,17). The van der Waals surface area contributed by atoms with Crippen LogP contribution in [-0.2, 0) is 4.79 Å². The third-order valence-electron chi connectivity index (χ3n) is 2.63. The highest BCUT2D eigenvalue weighted by Gasteiger charge is 2.24. The molecular weight excluding hydrogens is 228 g/mol. The molecule has 0 unspecified atom stereocenters. The van der Waals surface area contributed by atoms with Crippen LogP contribution in [0.1, 0.15) is 13.8 Å². The Hall–Kier alpha value is -1.97. The molecule has 0 atom stereocenters. The zero-order valence-corrected chi connectivity index (χ0v) is 10.8. The molecule has 1 aromatic carbocycles. The Labute approximate surface area is 107 Å². The minimum atomic E-state index is -0.131. The summed E-state index contributed by atoms with van der Waals surface area (Å²) >= 11 is 0. The summed E-state index contributed by atoms with van der Waals surface area (Å²) in [6, 6.07) is 7.68. The monoisotopic (exact) mass is 246 g/mol. The van der Waals surface area contributed by atoms with E-state index in [-0.39, 0.29) is 5.91 Å². The second kappa shape index (κ2) is 5.12. The molecule has 1 saturated heterocycles. The smallest absolute Gasteiger partial charge is 0.267 e. The number of nitrogens with one attached hydrogen (secondary N) is 1. The maximum atomic E-state index is 11.4. The van der Waals surface area contributed by atoms with E-state index in [0.717, 1.165) is 11.4 Å². The van der Waals surface area contributed by atoms with Crippen molar-refractivity contribution in [2.45, 2.75) is 13.8 Å². The van der Waals surface area contributed by atoms with Gasteiger partial charge >= 0.3 is 0 Å². The van der Waals surface area contributed by atoms with Crippen molar-refractivity contribution in [3.8, 4) is 5.75 Å². The molecule has 1 heterocycles. The number of hydrogen-bond acceptors (Lipinski definition) is 3. The van der Waals surface area contributed by atoms with Crippen molar-refractivity contribution in [1.29, 1.82) is 0 Å². The molecule has 0 radical (unpaired) electrons. The molecule has 0 aliphatic carbocycles. The summed E-state index contributed by atoms with van der Waals surface area (Å²) in [6.45, 7) is 9.06. The Morgan fingerprint density at radius 3 is 2.78 bits per heavy atom. The van der Waals surface area contributed by atoms with Crippen molar-refractivity contribution >= 4 is 11.6 Å². The molecular formula is C14H18N2O2. The van der Waals surface area contributed by atoms with Gasteiger partial charge in [-0.2, -0.15) is 0 Å². The van der Waals surface area contributed by atoms with Gasteiger partial charge < -0.3 is 4.74 Å². The Balaban J connectivity index is 2.17. The minimum Gasteiger partial charge on any atom is -0.491 e. The molecule has 4 nitrogen and oxygen atoms in total. The minimum absolute atomic E-state index is 0.131. The van der Waals surface area contributed by atoms with E-state index in [1.165, 1.54) is 0 Å². The van der Waals surface area contributed by atoms with Gasteiger partial charge in [0.1, 0.15) is 5.75 Å². The molecule has 0 bridgehead atoms. The van der Waals surface area contributed by atoms with Crippen molar-refractivity contribution in [2.75, 3.05) is 18.2 Å². The molecule has 1 N–H and O–H groups in total. The lowest BCUT2D eigenvalue weighted by molar-refractivity contribution is -0.116. The quantitative estimate of drug-likeness (QED) is 0.827. The zero-order valence-electron chi connectivity index (χ0n) is 10.8. The topological polar surface area (TPSA) is 41.6 Å². The van der Waals surface area contributed by atoms with Crippen molar-refractivity contribution < 1.29 is 9.53 Å². The lowest BCUT2D eigenvalue weighted by Gasteiger charge is -2.21. The summed E-state index contributed by atoms with van der Waals surface area (Å²) in [5.41, 5.74) is 4.19. The predicted molar refractivity (Wildman–Crippen MR) is 71.4 cm³/mol. The van der Waals surface area contributed by atoms with E-state index in [0.29, 0.717) is 24.6 Å². The summed E-state index contributed by atoms with van der Waals surface area (Å²) in [5, 5.41) is 1.76. The van der Waals surface area contributed by atoms with Crippen molar-refractivity contribution in [3.05, 3.63) is 36.4 Å². The Kier molecular flexibility index (Phi) is 3.55. The lowest BCUT2D eigenvalue weighted by atomic mass is 10.2. The van der Waals surface area contributed by atoms with Crippen molar-refractivity contribution in [1.82, 2.24) is 5.43 Å². The van der Waals surface area contributed by atoms with Crippen LogP contribution in [0, 0.1) is 5.92 Å². The van der Waals surface area contributed by atoms with Crippen LogP contribution < -0.4 is 15.2 Å². The number of amides is 1. The highest BCUT2D eigenvalue weighted by molar-refractivity contribution is 5.98. The van der Waals surface area contributed by atoms with Crippen molar-refractivity contribution in [2.24, 2.45) is 5.92 Å². The number of anilines is 1. The molecule has 0 aromatic heterocycles. The number of hydrogen-bond donors (Lipinski definition) is 1. The largest absolute Gasteiger partial charge is 0.491 e. The molecule has 1 amide bonds. The third kappa shape index (κ3) is 2.64. The van der Waals surface area contributed by atoms with Gasteiger partial charge in [-0.1, -0.05) is 32.6 Å². The number of carbonyl (C=O) groups is 1. The van der Waals surface area contributed by atoms with Gasteiger partial charge in [0.2, 0.25) is 0 Å². The van der Waals surface area contributed by atoms with Gasteiger partial charge in [-0.05, 0) is 18.1 Å². The van der Waals surface area contributed by atoms with E-state index in [4.69, 9.17) is 4.74 Å². The third-order valence-corrected chi connectivity index (χ3v) is 2.63. The molecule has 1 aliphatic rings. The van der Waals surface area contributed by atoms with Crippen LogP contribution in [0.4, 0.5) is 5.69 Å². The van der Waals surface area contributed by atoms with E-state index in [2.05, 4.69) is 25.9 Å². The van der Waals surface area contributed by atoms with Crippen LogP contribution in [0.25, 0.3) is 0 Å². The first kappa shape index (κ1) is 12.5. The molecule has 18 heavy (non-hydrogen) atoms. The predicted octanol–water partition coefficient (Wildman–Crippen LogP) is 2.13. The Morgan fingerprint density at radius 2 is 2.17 bits per heavy atom. The average molecular weight is 246 g/mol. The van der Waals surface area contributed by atoms with Crippen LogP contribution in [0.3, 0.4) is 0 Å². The lowest BCUT2D eigenvalue weighted by Crippen LogP contribution is -2.33. The molecule has 0 saturated carbocycles. The maximum absolute atomic E-state index is 11.4. The van der Waals surface area contributed by atoms with Crippen LogP contribution in [-0.4, -0.2) is 19.1 Å². The molecule has 1 aliphatic heterocycles. The number of hydrazine groups is 1. The second-order valence-corrected chi connectivity index (χ2v) is 4.80. The van der Waals surface area contributed by atoms with E-state index in [1.807, 2.05) is 24.3 Å². The SMILES string of the molecule is C=C1CN(c2ccccc2OCC(C)C)NC1=O. The second-order valence-electron chi connectivity index (χ2n) is 4.80. The van der Waals surface area contributed by atoms with Gasteiger partial charge in [0, 0.05) is 5.57 Å². The van der Waals surface area contributed by atoms with Crippen LogP contribution in [0.5, 0.6) is 5.75 Å². The Morgan fingerprint density at radius 1 is 1.44 bits per heavy atom. The molecule has 1 fully saturated rings. The van der Waals surface area contributed by atoms with Gasteiger partial charge in [-0.25, -0.2) is 0 Å². The number of rotatable bonds is 4. The van der Waals surface area contributed by atoms with Gasteiger partial charge in [0.05, 0.1) is 18.8 Å². The van der Waals surface area contributed by atoms with E-state index >= 15 is 0 Å². The van der Waals surface area contributed by atoms with Gasteiger partial charge in [-0.15, -0.1) is 0 Å². The average Bonchev–Trinajstić information content (AvgIpc) is 2.67. The first-order valence-electron chi connectivity index (χ1n) is 6.06. The summed E-state index contributed by atoms with van der Waals surface area (Å²) in [6.07, 6.45) is 0. The van der Waals surface area contributed by atoms with E-state index in [9.17, 15) is 4.79 Å².